The Hall–Kier alpha value is -1.57. The van der Waals surface area contributed by atoms with E-state index >= 15 is 0 Å². The van der Waals surface area contributed by atoms with Crippen LogP contribution < -0.4 is 0 Å². The molecule has 0 aliphatic rings. The first-order valence-electron chi connectivity index (χ1n) is 9.05. The minimum absolute atomic E-state index is 0.223. The molecule has 2 heteroatoms. The van der Waals surface area contributed by atoms with E-state index in [1.54, 1.807) is 0 Å². The van der Waals surface area contributed by atoms with Crippen LogP contribution in [0.5, 0.6) is 0 Å². The zero-order chi connectivity index (χ0) is 18.4. The molecule has 136 valence electrons. The summed E-state index contributed by atoms with van der Waals surface area (Å²) in [5, 5.41) is 0. The minimum atomic E-state index is -0.223. The highest BCUT2D eigenvalue weighted by Crippen LogP contribution is 2.13. The van der Waals surface area contributed by atoms with Crippen molar-refractivity contribution >= 4 is 5.97 Å². The number of ether oxygens (including phenoxy) is 1. The van der Waals surface area contributed by atoms with Crippen LogP contribution in [0.15, 0.2) is 46.6 Å². The van der Waals surface area contributed by atoms with E-state index in [9.17, 15) is 4.79 Å². The molecule has 0 aliphatic carbocycles. The highest BCUT2D eigenvalue weighted by atomic mass is 16.5. The molecule has 0 saturated carbocycles. The smallest absolute Gasteiger partial charge is 0.302 e. The van der Waals surface area contributed by atoms with Crippen molar-refractivity contribution in [3.8, 4) is 0 Å². The van der Waals surface area contributed by atoms with Crippen LogP contribution in [0, 0.1) is 0 Å². The first kappa shape index (κ1) is 22.4. The highest BCUT2D eigenvalue weighted by molar-refractivity contribution is 5.66. The number of carbonyl (C=O) groups excluding carboxylic acids is 1. The molecule has 0 aliphatic heterocycles. The number of rotatable bonds is 11. The van der Waals surface area contributed by atoms with Crippen molar-refractivity contribution in [3.05, 3.63) is 46.6 Å². The highest BCUT2D eigenvalue weighted by Gasteiger charge is 1.94. The first-order valence-corrected chi connectivity index (χ1v) is 9.05. The maximum absolute atomic E-state index is 10.7. The Kier molecular flexibility index (Phi) is 12.9. The van der Waals surface area contributed by atoms with Crippen molar-refractivity contribution in [1.29, 1.82) is 0 Å². The minimum Gasteiger partial charge on any atom is -0.462 e. The summed E-state index contributed by atoms with van der Waals surface area (Å²) < 4.78 is 4.92. The van der Waals surface area contributed by atoms with Gasteiger partial charge >= 0.3 is 5.97 Å². The van der Waals surface area contributed by atoms with Gasteiger partial charge in [0.15, 0.2) is 0 Å². The second-order valence-corrected chi connectivity index (χ2v) is 6.85. The van der Waals surface area contributed by atoms with Gasteiger partial charge in [-0.1, -0.05) is 40.5 Å². The Bertz CT molecular complexity index is 486. The molecule has 2 nitrogen and oxygen atoms in total. The summed E-state index contributed by atoms with van der Waals surface area (Å²) in [4.78, 5) is 10.7. The van der Waals surface area contributed by atoms with Gasteiger partial charge in [0.25, 0.3) is 0 Å². The molecule has 0 amide bonds. The van der Waals surface area contributed by atoms with Gasteiger partial charge in [0.1, 0.15) is 6.61 Å². The summed E-state index contributed by atoms with van der Waals surface area (Å²) in [7, 11) is 0. The Morgan fingerprint density at radius 1 is 0.667 bits per heavy atom. The lowest BCUT2D eigenvalue weighted by atomic mass is 10.0. The lowest BCUT2D eigenvalue weighted by Gasteiger charge is -2.03. The molecule has 0 aromatic carbocycles. The summed E-state index contributed by atoms with van der Waals surface area (Å²) >= 11 is 0. The van der Waals surface area contributed by atoms with Crippen molar-refractivity contribution in [2.45, 2.75) is 80.1 Å². The SMILES string of the molecule is CC(=O)OC/C=C(\C)CC/C=C(\C)CC/C=C(\C)CCC=C(C)C. The number of hydrogen-bond donors (Lipinski definition) is 0. The van der Waals surface area contributed by atoms with Gasteiger partial charge in [-0.25, -0.2) is 0 Å². The summed E-state index contributed by atoms with van der Waals surface area (Å²) in [6.45, 7) is 12.7. The van der Waals surface area contributed by atoms with Gasteiger partial charge in [-0.3, -0.25) is 4.79 Å². The molecule has 0 spiro atoms. The summed E-state index contributed by atoms with van der Waals surface area (Å²) in [5.41, 5.74) is 5.62. The lowest BCUT2D eigenvalue weighted by molar-refractivity contribution is -0.139. The predicted molar refractivity (Wildman–Crippen MR) is 105 cm³/mol. The zero-order valence-corrected chi connectivity index (χ0v) is 16.6. The van der Waals surface area contributed by atoms with Crippen LogP contribution in [0.1, 0.15) is 80.1 Å². The molecule has 0 aromatic heterocycles. The van der Waals surface area contributed by atoms with Crippen LogP contribution in [-0.4, -0.2) is 12.6 Å². The Labute approximate surface area is 149 Å². The molecule has 0 saturated heterocycles. The van der Waals surface area contributed by atoms with E-state index in [1.807, 2.05) is 6.08 Å². The van der Waals surface area contributed by atoms with E-state index in [4.69, 9.17) is 4.74 Å². The molecular formula is C22H36O2. The van der Waals surface area contributed by atoms with E-state index in [2.05, 4.69) is 52.8 Å². The Morgan fingerprint density at radius 2 is 1.08 bits per heavy atom. The van der Waals surface area contributed by atoms with E-state index in [0.717, 1.165) is 32.1 Å². The normalized spacial score (nSPS) is 13.0. The number of carbonyl (C=O) groups is 1. The van der Waals surface area contributed by atoms with Gasteiger partial charge in [0.2, 0.25) is 0 Å². The number of esters is 1. The fourth-order valence-corrected chi connectivity index (χ4v) is 2.29. The lowest BCUT2D eigenvalue weighted by Crippen LogP contribution is -1.98. The number of allylic oxidation sites excluding steroid dienone is 7. The third kappa shape index (κ3) is 15.3. The van der Waals surface area contributed by atoms with Gasteiger partial charge in [0.05, 0.1) is 0 Å². The Balaban J connectivity index is 3.98. The average Bonchev–Trinajstić information content (AvgIpc) is 2.46. The fourth-order valence-electron chi connectivity index (χ4n) is 2.29. The van der Waals surface area contributed by atoms with Crippen LogP contribution in [0.2, 0.25) is 0 Å². The molecule has 24 heavy (non-hydrogen) atoms. The van der Waals surface area contributed by atoms with Gasteiger partial charge in [-0.2, -0.15) is 0 Å². The summed E-state index contributed by atoms with van der Waals surface area (Å²) in [6, 6.07) is 0. The fraction of sp³-hybridized carbons (Fsp3) is 0.591. The third-order valence-electron chi connectivity index (χ3n) is 3.87. The van der Waals surface area contributed by atoms with Crippen molar-refractivity contribution in [3.63, 3.8) is 0 Å². The molecule has 0 radical (unpaired) electrons. The maximum atomic E-state index is 10.7. The van der Waals surface area contributed by atoms with E-state index in [1.165, 1.54) is 35.6 Å². The topological polar surface area (TPSA) is 26.3 Å². The third-order valence-corrected chi connectivity index (χ3v) is 3.87. The van der Waals surface area contributed by atoms with Crippen molar-refractivity contribution < 1.29 is 9.53 Å². The molecule has 0 unspecified atom stereocenters. The quantitative estimate of drug-likeness (QED) is 0.311. The van der Waals surface area contributed by atoms with Crippen LogP contribution in [0.4, 0.5) is 0 Å². The van der Waals surface area contributed by atoms with Crippen LogP contribution in [0.25, 0.3) is 0 Å². The average molecular weight is 333 g/mol. The van der Waals surface area contributed by atoms with Crippen LogP contribution in [0.3, 0.4) is 0 Å². The van der Waals surface area contributed by atoms with E-state index in [0.29, 0.717) is 6.61 Å². The molecule has 0 bridgehead atoms. The molecule has 0 rings (SSSR count). The molecule has 0 atom stereocenters. The zero-order valence-electron chi connectivity index (χ0n) is 16.6. The van der Waals surface area contributed by atoms with Gasteiger partial charge < -0.3 is 4.74 Å². The summed E-state index contributed by atoms with van der Waals surface area (Å²) in [5.74, 6) is -0.223. The molecule has 0 heterocycles. The number of hydrogen-bond acceptors (Lipinski definition) is 2. The van der Waals surface area contributed by atoms with Crippen molar-refractivity contribution in [2.24, 2.45) is 0 Å². The molecule has 0 fully saturated rings. The predicted octanol–water partition coefficient (Wildman–Crippen LogP) is 6.70. The summed E-state index contributed by atoms with van der Waals surface area (Å²) in [6.07, 6.45) is 15.7. The van der Waals surface area contributed by atoms with Crippen molar-refractivity contribution in [1.82, 2.24) is 0 Å². The molecular weight excluding hydrogens is 296 g/mol. The van der Waals surface area contributed by atoms with E-state index < -0.39 is 0 Å². The van der Waals surface area contributed by atoms with Crippen molar-refractivity contribution in [2.75, 3.05) is 6.61 Å². The van der Waals surface area contributed by atoms with Crippen LogP contribution in [-0.2, 0) is 9.53 Å². The maximum Gasteiger partial charge on any atom is 0.302 e. The van der Waals surface area contributed by atoms with Crippen LogP contribution >= 0.6 is 0 Å². The molecule has 0 N–H and O–H groups in total. The largest absolute Gasteiger partial charge is 0.462 e. The van der Waals surface area contributed by atoms with Gasteiger partial charge in [-0.15, -0.1) is 0 Å². The Morgan fingerprint density at radius 3 is 1.50 bits per heavy atom. The first-order chi connectivity index (χ1) is 11.3. The van der Waals surface area contributed by atoms with Gasteiger partial charge in [-0.05, 0) is 79.2 Å². The monoisotopic (exact) mass is 332 g/mol. The standard InChI is InChI=1S/C22H36O2/c1-18(2)10-7-11-19(3)12-8-13-20(4)14-9-15-21(5)16-17-24-22(6)23/h10,12,14,16H,7-9,11,13,15,17H2,1-6H3/b19-12+,20-14+,21-16+. The van der Waals surface area contributed by atoms with E-state index in [-0.39, 0.29) is 5.97 Å². The second kappa shape index (κ2) is 13.8. The second-order valence-electron chi connectivity index (χ2n) is 6.85. The molecule has 0 aromatic rings. The van der Waals surface area contributed by atoms with Gasteiger partial charge in [0, 0.05) is 6.92 Å².